The third-order valence-corrected chi connectivity index (χ3v) is 7.45. The van der Waals surface area contributed by atoms with E-state index < -0.39 is 65.4 Å². The molecule has 8 atom stereocenters. The maximum absolute atomic E-state index is 12.8. The van der Waals surface area contributed by atoms with E-state index in [4.69, 9.17) is 28.1 Å². The smallest absolute Gasteiger partial charge is 0.345 e. The van der Waals surface area contributed by atoms with Gasteiger partial charge in [0.1, 0.15) is 52.9 Å². The molecule has 10 heteroatoms. The standard InChI is InChI=1S/C22H22O10/c1-8(23)28-15-6-9-10(4-12(9)24)16-11(19(25)27-3)5-13(29-16)17-21(2,31-17)7-14-18-22(15,32-18)20(26)30-14/h5,9-10,14-15,17-18H,4,6-7H2,1-3H3/t9-,10+,14+,15-,17-,18+,21-,22+/m1/s1. The van der Waals surface area contributed by atoms with E-state index in [1.54, 1.807) is 6.07 Å². The number of Topliss-reactive ketones (excluding diaryl/α,β-unsaturated/α-hetero) is 1. The Labute approximate surface area is 182 Å². The number of carbonyl (C=O) groups excluding carboxylic acids is 4. The second kappa shape index (κ2) is 6.20. The highest BCUT2D eigenvalue weighted by atomic mass is 16.7. The molecule has 1 aromatic rings. The van der Waals surface area contributed by atoms with Gasteiger partial charge in [-0.2, -0.15) is 0 Å². The first kappa shape index (κ1) is 19.9. The maximum Gasteiger partial charge on any atom is 0.345 e. The minimum atomic E-state index is -1.41. The molecule has 0 amide bonds. The van der Waals surface area contributed by atoms with Crippen LogP contribution < -0.4 is 0 Å². The van der Waals surface area contributed by atoms with Crippen molar-refractivity contribution in [3.63, 3.8) is 0 Å². The lowest BCUT2D eigenvalue weighted by atomic mass is 9.67. The van der Waals surface area contributed by atoms with Crippen LogP contribution in [0, 0.1) is 5.92 Å². The second-order valence-corrected chi connectivity index (χ2v) is 9.43. The fourth-order valence-electron chi connectivity index (χ4n) is 5.66. The zero-order valence-electron chi connectivity index (χ0n) is 17.7. The van der Waals surface area contributed by atoms with Crippen molar-refractivity contribution < 1.29 is 47.3 Å². The highest BCUT2D eigenvalue weighted by molar-refractivity contribution is 5.94. The predicted octanol–water partition coefficient (Wildman–Crippen LogP) is 1.36. The van der Waals surface area contributed by atoms with Crippen LogP contribution in [0.15, 0.2) is 10.5 Å². The van der Waals surface area contributed by atoms with E-state index >= 15 is 0 Å². The molecular formula is C22H22O10. The molecule has 1 aromatic heterocycles. The molecule has 1 saturated carbocycles. The maximum atomic E-state index is 12.8. The van der Waals surface area contributed by atoms with Crippen LogP contribution in [0.3, 0.4) is 0 Å². The predicted molar refractivity (Wildman–Crippen MR) is 100 cm³/mol. The van der Waals surface area contributed by atoms with E-state index in [2.05, 4.69) is 0 Å². The summed E-state index contributed by atoms with van der Waals surface area (Å²) in [7, 11) is 1.28. The summed E-state index contributed by atoms with van der Waals surface area (Å²) in [6.45, 7) is 3.11. The Morgan fingerprint density at radius 3 is 2.62 bits per heavy atom. The molecule has 0 spiro atoms. The molecule has 1 aliphatic carbocycles. The first-order valence-corrected chi connectivity index (χ1v) is 10.7. The lowest BCUT2D eigenvalue weighted by Gasteiger charge is -2.36. The number of hydrogen-bond donors (Lipinski definition) is 0. The topological polar surface area (TPSA) is 134 Å². The Kier molecular flexibility index (Phi) is 3.86. The first-order chi connectivity index (χ1) is 15.2. The van der Waals surface area contributed by atoms with Gasteiger partial charge in [-0.3, -0.25) is 9.59 Å². The molecular weight excluding hydrogens is 424 g/mol. The zero-order valence-corrected chi connectivity index (χ0v) is 17.7. The van der Waals surface area contributed by atoms with Gasteiger partial charge in [-0.15, -0.1) is 0 Å². The number of ether oxygens (including phenoxy) is 5. The van der Waals surface area contributed by atoms with Crippen molar-refractivity contribution in [2.45, 2.75) is 74.6 Å². The van der Waals surface area contributed by atoms with Crippen molar-refractivity contribution in [3.8, 4) is 0 Å². The lowest BCUT2D eigenvalue weighted by Crippen LogP contribution is -2.46. The van der Waals surface area contributed by atoms with Gasteiger partial charge in [-0.25, -0.2) is 9.59 Å². The van der Waals surface area contributed by atoms with Crippen molar-refractivity contribution in [1.82, 2.24) is 0 Å². The van der Waals surface area contributed by atoms with Crippen LogP contribution >= 0.6 is 0 Å². The molecule has 4 bridgehead atoms. The van der Waals surface area contributed by atoms with Gasteiger partial charge in [0.15, 0.2) is 0 Å². The van der Waals surface area contributed by atoms with E-state index in [9.17, 15) is 19.2 Å². The highest BCUT2D eigenvalue weighted by Gasteiger charge is 2.79. The Morgan fingerprint density at radius 1 is 1.19 bits per heavy atom. The van der Waals surface area contributed by atoms with Crippen LogP contribution in [-0.2, 0) is 38.1 Å². The van der Waals surface area contributed by atoms with E-state index in [1.807, 2.05) is 6.92 Å². The molecule has 5 heterocycles. The van der Waals surface area contributed by atoms with Crippen molar-refractivity contribution in [1.29, 1.82) is 0 Å². The van der Waals surface area contributed by atoms with Crippen LogP contribution in [0.5, 0.6) is 0 Å². The molecule has 10 nitrogen and oxygen atoms in total. The quantitative estimate of drug-likeness (QED) is 0.372. The average Bonchev–Trinajstić information content (AvgIpc) is 3.56. The molecule has 0 unspecified atom stereocenters. The van der Waals surface area contributed by atoms with Crippen LogP contribution in [0.1, 0.15) is 67.0 Å². The van der Waals surface area contributed by atoms with Crippen LogP contribution in [0.2, 0.25) is 0 Å². The molecule has 4 fully saturated rings. The minimum absolute atomic E-state index is 0.0647. The van der Waals surface area contributed by atoms with Crippen molar-refractivity contribution in [3.05, 3.63) is 23.2 Å². The number of rotatable bonds is 2. The zero-order chi connectivity index (χ0) is 22.6. The number of ketones is 1. The van der Waals surface area contributed by atoms with Crippen LogP contribution in [0.25, 0.3) is 0 Å². The summed E-state index contributed by atoms with van der Waals surface area (Å²) in [4.78, 5) is 49.7. The third kappa shape index (κ3) is 2.53. The molecule has 170 valence electrons. The molecule has 0 radical (unpaired) electrons. The van der Waals surface area contributed by atoms with Gasteiger partial charge in [0.05, 0.1) is 7.11 Å². The normalized spacial score (nSPS) is 43.1. The number of methoxy groups -OCH3 is 1. The molecule has 0 N–H and O–H groups in total. The molecule has 0 aromatic carbocycles. The van der Waals surface area contributed by atoms with Crippen molar-refractivity contribution in [2.75, 3.05) is 7.11 Å². The van der Waals surface area contributed by atoms with Crippen LogP contribution in [0.4, 0.5) is 0 Å². The molecule has 4 aliphatic heterocycles. The summed E-state index contributed by atoms with van der Waals surface area (Å²) < 4.78 is 33.8. The van der Waals surface area contributed by atoms with Gasteiger partial charge in [0.2, 0.25) is 5.60 Å². The van der Waals surface area contributed by atoms with Crippen LogP contribution in [-0.4, -0.2) is 60.3 Å². The van der Waals surface area contributed by atoms with E-state index in [1.165, 1.54) is 14.0 Å². The number of fused-ring (bicyclic) bond motifs is 6. The lowest BCUT2D eigenvalue weighted by molar-refractivity contribution is -0.167. The fraction of sp³-hybridized carbons (Fsp3) is 0.636. The van der Waals surface area contributed by atoms with Gasteiger partial charge in [0, 0.05) is 31.6 Å². The van der Waals surface area contributed by atoms with Gasteiger partial charge in [0.25, 0.3) is 0 Å². The first-order valence-electron chi connectivity index (χ1n) is 10.7. The summed E-state index contributed by atoms with van der Waals surface area (Å²) in [5.41, 5.74) is -1.85. The highest BCUT2D eigenvalue weighted by Crippen LogP contribution is 2.60. The third-order valence-electron chi connectivity index (χ3n) is 7.45. The summed E-state index contributed by atoms with van der Waals surface area (Å²) in [5, 5.41) is 0. The average molecular weight is 446 g/mol. The Balaban J connectivity index is 1.45. The van der Waals surface area contributed by atoms with E-state index in [0.29, 0.717) is 17.9 Å². The summed E-state index contributed by atoms with van der Waals surface area (Å²) in [6.07, 6.45) is -2.01. The second-order valence-electron chi connectivity index (χ2n) is 9.43. The van der Waals surface area contributed by atoms with E-state index in [-0.39, 0.29) is 24.2 Å². The largest absolute Gasteiger partial charge is 0.465 e. The van der Waals surface area contributed by atoms with Crippen molar-refractivity contribution >= 4 is 23.7 Å². The summed E-state index contributed by atoms with van der Waals surface area (Å²) in [5.74, 6) is -2.03. The fourth-order valence-corrected chi connectivity index (χ4v) is 5.66. The molecule has 5 aliphatic rings. The number of hydrogen-bond acceptors (Lipinski definition) is 10. The van der Waals surface area contributed by atoms with Crippen molar-refractivity contribution in [2.24, 2.45) is 5.92 Å². The van der Waals surface area contributed by atoms with E-state index in [0.717, 1.165) is 0 Å². The van der Waals surface area contributed by atoms with Gasteiger partial charge >= 0.3 is 17.9 Å². The Hall–Kier alpha value is -2.72. The number of epoxide rings is 2. The molecule has 3 saturated heterocycles. The number of carbonyl (C=O) groups is 4. The Bertz CT molecular complexity index is 1070. The summed E-state index contributed by atoms with van der Waals surface area (Å²) in [6, 6.07) is 1.60. The van der Waals surface area contributed by atoms with Gasteiger partial charge < -0.3 is 28.1 Å². The minimum Gasteiger partial charge on any atom is -0.465 e. The summed E-state index contributed by atoms with van der Waals surface area (Å²) >= 11 is 0. The Morgan fingerprint density at radius 2 is 1.97 bits per heavy atom. The SMILES string of the molecule is COC(=O)c1cc2oc1[C@H]1CC(=O)[C@@H]1C[C@@H](OC(C)=O)[C@]13O[C@H]1[C@H](C[C@@]1(C)O[C@H]21)OC3=O. The number of furan rings is 1. The molecule has 6 rings (SSSR count). The molecule has 32 heavy (non-hydrogen) atoms. The number of esters is 3. The van der Waals surface area contributed by atoms with Gasteiger partial charge in [-0.05, 0) is 19.4 Å². The van der Waals surface area contributed by atoms with Gasteiger partial charge in [-0.1, -0.05) is 0 Å². The monoisotopic (exact) mass is 446 g/mol.